The Balaban J connectivity index is 2.01. The maximum Gasteiger partial charge on any atom is 0.333 e. The van der Waals surface area contributed by atoms with Crippen molar-refractivity contribution in [2.45, 2.75) is 18.4 Å². The van der Waals surface area contributed by atoms with Crippen LogP contribution in [-0.2, 0) is 9.53 Å². The van der Waals surface area contributed by atoms with Crippen molar-refractivity contribution in [2.75, 3.05) is 20.2 Å². The van der Waals surface area contributed by atoms with E-state index in [1.807, 2.05) is 41.1 Å². The van der Waals surface area contributed by atoms with E-state index in [4.69, 9.17) is 4.74 Å². The minimum atomic E-state index is -0.478. The van der Waals surface area contributed by atoms with E-state index in [1.54, 1.807) is 6.33 Å². The van der Waals surface area contributed by atoms with Gasteiger partial charge >= 0.3 is 5.97 Å². The molecule has 1 N–H and O–H groups in total. The Bertz CT molecular complexity index is 603. The van der Waals surface area contributed by atoms with Crippen LogP contribution in [0, 0.1) is 0 Å². The Kier molecular flexibility index (Phi) is 4.01. The van der Waals surface area contributed by atoms with Crippen molar-refractivity contribution in [2.24, 2.45) is 0 Å². The van der Waals surface area contributed by atoms with Crippen molar-refractivity contribution in [3.63, 3.8) is 0 Å². The van der Waals surface area contributed by atoms with Gasteiger partial charge in [-0.05, 0) is 18.5 Å². The first-order valence-electron chi connectivity index (χ1n) is 7.16. The normalized spacial score (nSPS) is 19.4. The summed E-state index contributed by atoms with van der Waals surface area (Å²) >= 11 is 0. The number of carbonyl (C=O) groups is 1. The second kappa shape index (κ2) is 6.10. The van der Waals surface area contributed by atoms with Crippen molar-refractivity contribution < 1.29 is 9.53 Å². The highest BCUT2D eigenvalue weighted by Gasteiger charge is 2.28. The summed E-state index contributed by atoms with van der Waals surface area (Å²) in [6, 6.07) is 9.21. The highest BCUT2D eigenvalue weighted by atomic mass is 16.5. The second-order valence-corrected chi connectivity index (χ2v) is 5.25. The van der Waals surface area contributed by atoms with E-state index in [9.17, 15) is 4.79 Å². The van der Waals surface area contributed by atoms with Gasteiger partial charge in [-0.15, -0.1) is 0 Å². The average Bonchev–Trinajstić information content (AvgIpc) is 3.19. The van der Waals surface area contributed by atoms with Crippen LogP contribution in [0.3, 0.4) is 0 Å². The summed E-state index contributed by atoms with van der Waals surface area (Å²) in [6.45, 7) is 1.93. The van der Waals surface area contributed by atoms with Crippen molar-refractivity contribution in [1.82, 2.24) is 14.9 Å². The van der Waals surface area contributed by atoms with Crippen LogP contribution >= 0.6 is 0 Å². The lowest BCUT2D eigenvalue weighted by atomic mass is 10.0. The Hall–Kier alpha value is -2.14. The summed E-state index contributed by atoms with van der Waals surface area (Å²) in [5.74, 6) is 0.120. The third-order valence-electron chi connectivity index (χ3n) is 3.99. The minimum absolute atomic E-state index is 0.272. The lowest BCUT2D eigenvalue weighted by Gasteiger charge is -2.21. The molecule has 0 spiro atoms. The number of benzene rings is 1. The molecule has 1 aromatic carbocycles. The molecule has 1 saturated heterocycles. The Labute approximate surface area is 124 Å². The van der Waals surface area contributed by atoms with Gasteiger partial charge < -0.3 is 14.6 Å². The van der Waals surface area contributed by atoms with E-state index >= 15 is 0 Å². The number of rotatable bonds is 4. The van der Waals surface area contributed by atoms with E-state index in [2.05, 4.69) is 10.3 Å². The molecule has 5 heteroatoms. The Morgan fingerprint density at radius 3 is 2.90 bits per heavy atom. The van der Waals surface area contributed by atoms with Crippen molar-refractivity contribution >= 4 is 5.97 Å². The summed E-state index contributed by atoms with van der Waals surface area (Å²) in [5.41, 5.74) is 1.99. The molecule has 3 rings (SSSR count). The molecule has 110 valence electrons. The van der Waals surface area contributed by atoms with Crippen LogP contribution < -0.4 is 5.32 Å². The summed E-state index contributed by atoms with van der Waals surface area (Å²) in [5, 5.41) is 3.35. The average molecular weight is 285 g/mol. The first-order chi connectivity index (χ1) is 10.3. The number of imidazole rings is 1. The quantitative estimate of drug-likeness (QED) is 0.869. The zero-order valence-electron chi connectivity index (χ0n) is 12.0. The minimum Gasteiger partial charge on any atom is -0.467 e. The molecule has 0 amide bonds. The topological polar surface area (TPSA) is 56.2 Å². The van der Waals surface area contributed by atoms with Crippen LogP contribution in [0.25, 0.3) is 0 Å². The van der Waals surface area contributed by atoms with Crippen LogP contribution in [0.2, 0.25) is 0 Å². The molecular weight excluding hydrogens is 266 g/mol. The van der Waals surface area contributed by atoms with E-state index in [0.29, 0.717) is 5.92 Å². The first-order valence-corrected chi connectivity index (χ1v) is 7.16. The van der Waals surface area contributed by atoms with Gasteiger partial charge in [0.15, 0.2) is 6.04 Å². The van der Waals surface area contributed by atoms with Crippen LogP contribution in [0.5, 0.6) is 0 Å². The predicted octanol–water partition coefficient (Wildman–Crippen LogP) is 1.72. The van der Waals surface area contributed by atoms with Crippen molar-refractivity contribution in [3.8, 4) is 0 Å². The third-order valence-corrected chi connectivity index (χ3v) is 3.99. The van der Waals surface area contributed by atoms with Crippen molar-refractivity contribution in [3.05, 3.63) is 54.1 Å². The number of hydrogen-bond donors (Lipinski definition) is 1. The molecule has 0 saturated carbocycles. The number of esters is 1. The van der Waals surface area contributed by atoms with Crippen LogP contribution in [0.1, 0.15) is 29.6 Å². The maximum absolute atomic E-state index is 12.3. The zero-order chi connectivity index (χ0) is 14.7. The molecule has 0 aliphatic carbocycles. The number of methoxy groups -OCH3 is 1. The van der Waals surface area contributed by atoms with Gasteiger partial charge in [0.05, 0.1) is 13.4 Å². The molecule has 1 fully saturated rings. The molecule has 1 aromatic heterocycles. The fourth-order valence-corrected chi connectivity index (χ4v) is 2.91. The lowest BCUT2D eigenvalue weighted by molar-refractivity contribution is -0.143. The lowest BCUT2D eigenvalue weighted by Crippen LogP contribution is -2.24. The third kappa shape index (κ3) is 2.69. The van der Waals surface area contributed by atoms with Gasteiger partial charge in [-0.1, -0.05) is 30.3 Å². The van der Waals surface area contributed by atoms with Gasteiger partial charge in [0, 0.05) is 24.4 Å². The van der Waals surface area contributed by atoms with Crippen LogP contribution in [0.15, 0.2) is 42.9 Å². The monoisotopic (exact) mass is 285 g/mol. The van der Waals surface area contributed by atoms with E-state index in [0.717, 1.165) is 30.8 Å². The van der Waals surface area contributed by atoms with Crippen molar-refractivity contribution in [1.29, 1.82) is 0 Å². The number of hydrogen-bond acceptors (Lipinski definition) is 4. The van der Waals surface area contributed by atoms with Gasteiger partial charge in [-0.2, -0.15) is 0 Å². The van der Waals surface area contributed by atoms with Gasteiger partial charge in [-0.25, -0.2) is 9.78 Å². The zero-order valence-corrected chi connectivity index (χ0v) is 12.0. The highest BCUT2D eigenvalue weighted by molar-refractivity contribution is 5.78. The fraction of sp³-hybridized carbons (Fsp3) is 0.375. The maximum atomic E-state index is 12.3. The molecule has 0 bridgehead atoms. The number of carbonyl (C=O) groups excluding carboxylic acids is 1. The van der Waals surface area contributed by atoms with Crippen LogP contribution in [-0.4, -0.2) is 35.7 Å². The summed E-state index contributed by atoms with van der Waals surface area (Å²) in [4.78, 5) is 16.5. The summed E-state index contributed by atoms with van der Waals surface area (Å²) in [6.07, 6.45) is 4.65. The molecule has 2 unspecified atom stereocenters. The van der Waals surface area contributed by atoms with Gasteiger partial charge in [0.25, 0.3) is 0 Å². The number of aromatic nitrogens is 2. The summed E-state index contributed by atoms with van der Waals surface area (Å²) < 4.78 is 6.95. The van der Waals surface area contributed by atoms with E-state index in [1.165, 1.54) is 7.11 Å². The first kappa shape index (κ1) is 13.8. The Morgan fingerprint density at radius 2 is 2.24 bits per heavy atom. The smallest absolute Gasteiger partial charge is 0.333 e. The molecule has 2 aromatic rings. The fourth-order valence-electron chi connectivity index (χ4n) is 2.91. The standard InChI is InChI=1S/C16H19N3O2/c1-21-16(20)15(12-5-3-2-4-6-12)19-11-18-10-14(19)13-7-8-17-9-13/h2-6,10-11,13,15,17H,7-9H2,1H3. The van der Waals surface area contributed by atoms with E-state index < -0.39 is 6.04 Å². The number of nitrogens with one attached hydrogen (secondary N) is 1. The van der Waals surface area contributed by atoms with E-state index in [-0.39, 0.29) is 5.97 Å². The molecule has 0 radical (unpaired) electrons. The number of ether oxygens (including phenoxy) is 1. The molecule has 1 aliphatic heterocycles. The SMILES string of the molecule is COC(=O)C(c1ccccc1)n1cncc1C1CCNC1. The predicted molar refractivity (Wildman–Crippen MR) is 79.1 cm³/mol. The Morgan fingerprint density at radius 1 is 1.43 bits per heavy atom. The molecule has 2 heterocycles. The van der Waals surface area contributed by atoms with Gasteiger partial charge in [0.1, 0.15) is 0 Å². The molecule has 1 aliphatic rings. The molecule has 5 nitrogen and oxygen atoms in total. The van der Waals surface area contributed by atoms with Crippen LogP contribution in [0.4, 0.5) is 0 Å². The number of nitrogens with zero attached hydrogens (tertiary/aromatic N) is 2. The van der Waals surface area contributed by atoms with Gasteiger partial charge in [0.2, 0.25) is 0 Å². The molecular formula is C16H19N3O2. The summed E-state index contributed by atoms with van der Waals surface area (Å²) in [7, 11) is 1.42. The molecule has 2 atom stereocenters. The second-order valence-electron chi connectivity index (χ2n) is 5.25. The molecule has 21 heavy (non-hydrogen) atoms. The van der Waals surface area contributed by atoms with Gasteiger partial charge in [-0.3, -0.25) is 0 Å². The largest absolute Gasteiger partial charge is 0.467 e. The highest BCUT2D eigenvalue weighted by Crippen LogP contribution is 2.28.